The van der Waals surface area contributed by atoms with E-state index in [4.69, 9.17) is 15.0 Å². The molecule has 0 aromatic rings. The monoisotopic (exact) mass is 351 g/mol. The molecule has 8 heavy (non-hydrogen) atoms. The molecule has 0 aliphatic rings. The molecular weight excluding hydrogens is 339 g/mol. The molecule has 0 rings (SSSR count). The van der Waals surface area contributed by atoms with Crippen molar-refractivity contribution in [2.24, 2.45) is 0 Å². The van der Waals surface area contributed by atoms with Crippen LogP contribution < -0.4 is 6.15 Å². The third kappa shape index (κ3) is 55.5. The summed E-state index contributed by atoms with van der Waals surface area (Å²) in [6.07, 6.45) is -1.83. The van der Waals surface area contributed by atoms with Crippen LogP contribution in [0.4, 0.5) is 4.79 Å². The van der Waals surface area contributed by atoms with Crippen molar-refractivity contribution < 1.29 is 15.0 Å². The predicted molar refractivity (Wildman–Crippen MR) is 41.3 cm³/mol. The van der Waals surface area contributed by atoms with Crippen LogP contribution in [0.3, 0.4) is 0 Å². The zero-order valence-corrected chi connectivity index (χ0v) is 2.51. The van der Waals surface area contributed by atoms with Crippen LogP contribution in [0.25, 0.3) is 0 Å². The standard InChI is InChI=1S/CH2O3.Ba.Ca.H3N.Sr.6H/c2-1(3)4;;;;;;;;;;/h(H2,2,3,4);;;1H3;;;;;;;. The summed E-state index contributed by atoms with van der Waals surface area (Å²) in [5.41, 5.74) is 0. The van der Waals surface area contributed by atoms with E-state index in [0.29, 0.717) is 0 Å². The molecule has 0 amide bonds. The van der Waals surface area contributed by atoms with Crippen molar-refractivity contribution >= 4 is 138 Å². The molecule has 0 fully saturated rings. The third-order valence-electron chi connectivity index (χ3n) is 0. The van der Waals surface area contributed by atoms with E-state index in [-0.39, 0.29) is 138 Å². The van der Waals surface area contributed by atoms with Gasteiger partial charge in [-0.2, -0.15) is 0 Å². The Hall–Kier alpha value is 3.54. The molecule has 0 saturated heterocycles. The van der Waals surface area contributed by atoms with Crippen LogP contribution in [0.5, 0.6) is 0 Å². The first-order valence-corrected chi connectivity index (χ1v) is 0.651. The summed E-state index contributed by atoms with van der Waals surface area (Å²) < 4.78 is 0. The molecule has 0 atom stereocenters. The summed E-state index contributed by atoms with van der Waals surface area (Å²) in [6.45, 7) is 0. The zero-order chi connectivity index (χ0) is 3.58. The molecule has 44 valence electrons. The van der Waals surface area contributed by atoms with Crippen LogP contribution in [-0.4, -0.2) is 148 Å². The Morgan fingerprint density at radius 2 is 1.25 bits per heavy atom. The van der Waals surface area contributed by atoms with E-state index in [9.17, 15) is 0 Å². The van der Waals surface area contributed by atoms with E-state index < -0.39 is 6.16 Å². The molecule has 5 N–H and O–H groups in total. The molecule has 7 heteroatoms. The minimum absolute atomic E-state index is 0. The number of hydrogen-bond donors (Lipinski definition) is 3. The van der Waals surface area contributed by atoms with E-state index in [0.717, 1.165) is 0 Å². The van der Waals surface area contributed by atoms with Crippen LogP contribution in [-0.2, 0) is 0 Å². The molecule has 0 aromatic heterocycles. The summed E-state index contributed by atoms with van der Waals surface area (Å²) in [5.74, 6) is 0. The fourth-order valence-electron chi connectivity index (χ4n) is 0. The second-order valence-electron chi connectivity index (χ2n) is 0.283. The van der Waals surface area contributed by atoms with Crippen LogP contribution in [0.2, 0.25) is 0 Å². The van der Waals surface area contributed by atoms with Crippen molar-refractivity contribution in [2.45, 2.75) is 0 Å². The van der Waals surface area contributed by atoms with Crippen LogP contribution in [0, 0.1) is 0 Å². The van der Waals surface area contributed by atoms with Gasteiger partial charge in [0.25, 0.3) is 0 Å². The molecule has 0 aromatic carbocycles. The van der Waals surface area contributed by atoms with Crippen LogP contribution >= 0.6 is 0 Å². The first-order chi connectivity index (χ1) is 1.73. The van der Waals surface area contributed by atoms with Crippen molar-refractivity contribution in [1.82, 2.24) is 6.15 Å². The quantitative estimate of drug-likeness (QED) is 0.426. The summed E-state index contributed by atoms with van der Waals surface area (Å²) in [7, 11) is 0. The Balaban J connectivity index is -0.00000000750. The summed E-state index contributed by atoms with van der Waals surface area (Å²) in [4.78, 5) is 8.56. The Morgan fingerprint density at radius 3 is 1.25 bits per heavy atom. The average molecular weight is 350 g/mol. The van der Waals surface area contributed by atoms with Crippen LogP contribution in [0.1, 0.15) is 0 Å². The zero-order valence-electron chi connectivity index (χ0n) is 2.51. The number of hydrogen-bond acceptors (Lipinski definition) is 2. The Morgan fingerprint density at radius 1 is 1.25 bits per heavy atom. The second kappa shape index (κ2) is 22.4. The van der Waals surface area contributed by atoms with Gasteiger partial charge in [0.2, 0.25) is 0 Å². The summed E-state index contributed by atoms with van der Waals surface area (Å²) in [6, 6.07) is 0. The molecule has 0 aliphatic heterocycles. The molecule has 0 aliphatic carbocycles. The first kappa shape index (κ1) is 30.0. The van der Waals surface area contributed by atoms with Crippen molar-refractivity contribution in [2.75, 3.05) is 0 Å². The van der Waals surface area contributed by atoms with E-state index in [1.54, 1.807) is 0 Å². The molecule has 0 unspecified atom stereocenters. The first-order valence-electron chi connectivity index (χ1n) is 0.651. The Bertz CT molecular complexity index is 42.3. The molecule has 0 radical (unpaired) electrons. The van der Waals surface area contributed by atoms with Crippen molar-refractivity contribution in [1.29, 1.82) is 0 Å². The van der Waals surface area contributed by atoms with Crippen molar-refractivity contribution in [3.8, 4) is 0 Å². The van der Waals surface area contributed by atoms with Crippen LogP contribution in [0.15, 0.2) is 0 Å². The molecule has 0 spiro atoms. The van der Waals surface area contributed by atoms with Crippen molar-refractivity contribution in [3.05, 3.63) is 0 Å². The molecule has 0 bridgehead atoms. The van der Waals surface area contributed by atoms with Gasteiger partial charge in [-0.3, -0.25) is 0 Å². The molecule has 0 saturated carbocycles. The number of carbonyl (C=O) groups is 1. The molecule has 4 nitrogen and oxygen atoms in total. The minimum atomic E-state index is -1.83. The molecule has 0 heterocycles. The number of carboxylic acid groups (broad SMARTS) is 2. The fourth-order valence-corrected chi connectivity index (χ4v) is 0. The van der Waals surface area contributed by atoms with Gasteiger partial charge in [0.1, 0.15) is 0 Å². The summed E-state index contributed by atoms with van der Waals surface area (Å²) >= 11 is 0. The second-order valence-corrected chi connectivity index (χ2v) is 0.283. The fraction of sp³-hybridized carbons (Fsp3) is 0. The SMILES string of the molecule is N.O=C(O)O.[BaH2].[CaH2].[SrH2]. The van der Waals surface area contributed by atoms with E-state index >= 15 is 0 Å². The normalized spacial score (nSPS) is 3.00. The van der Waals surface area contributed by atoms with Gasteiger partial charge in [0.15, 0.2) is 0 Å². The number of rotatable bonds is 0. The topological polar surface area (TPSA) is 92.5 Å². The van der Waals surface area contributed by atoms with Gasteiger partial charge in [0, 0.05) is 0 Å². The van der Waals surface area contributed by atoms with Gasteiger partial charge in [0.05, 0.1) is 0 Å². The van der Waals surface area contributed by atoms with E-state index in [1.165, 1.54) is 0 Å². The van der Waals surface area contributed by atoms with Crippen molar-refractivity contribution in [3.63, 3.8) is 0 Å². The third-order valence-corrected chi connectivity index (χ3v) is 0. The predicted octanol–water partition coefficient (Wildman–Crippen LogP) is -2.36. The Kier molecular flexibility index (Phi) is 84.0. The van der Waals surface area contributed by atoms with Gasteiger partial charge in [-0.15, -0.1) is 0 Å². The van der Waals surface area contributed by atoms with E-state index in [2.05, 4.69) is 0 Å². The van der Waals surface area contributed by atoms with E-state index in [1.807, 2.05) is 0 Å². The van der Waals surface area contributed by atoms with Gasteiger partial charge in [-0.05, 0) is 0 Å². The van der Waals surface area contributed by atoms with Gasteiger partial charge < -0.3 is 16.4 Å². The maximum atomic E-state index is 8.56. The Labute approximate surface area is 155 Å². The maximum absolute atomic E-state index is 8.56. The average Bonchev–Trinajstić information content (AvgIpc) is 0.811. The van der Waals surface area contributed by atoms with Gasteiger partial charge >= 0.3 is 138 Å². The van der Waals surface area contributed by atoms with Gasteiger partial charge in [-0.25, -0.2) is 4.79 Å². The molecular formula is CH11BaCaNO3Sr. The van der Waals surface area contributed by atoms with Gasteiger partial charge in [-0.1, -0.05) is 0 Å². The summed E-state index contributed by atoms with van der Waals surface area (Å²) in [5, 5.41) is 13.9.